The van der Waals surface area contributed by atoms with E-state index < -0.39 is 0 Å². The molecule has 7 heteroatoms. The van der Waals surface area contributed by atoms with Crippen LogP contribution in [0.25, 0.3) is 32.1 Å². The lowest BCUT2D eigenvalue weighted by molar-refractivity contribution is -0.116. The quantitative estimate of drug-likeness (QED) is 0.365. The summed E-state index contributed by atoms with van der Waals surface area (Å²) in [5.74, 6) is -0.323. The summed E-state index contributed by atoms with van der Waals surface area (Å²) in [5.41, 5.74) is 3.05. The normalized spacial score (nSPS) is 11.2. The van der Waals surface area contributed by atoms with Gasteiger partial charge < -0.3 is 5.32 Å². The van der Waals surface area contributed by atoms with Gasteiger partial charge in [0.25, 0.3) is 5.56 Å². The predicted octanol–water partition coefficient (Wildman–Crippen LogP) is 5.88. The Hall–Kier alpha value is -3.48. The van der Waals surface area contributed by atoms with E-state index in [1.807, 2.05) is 48.7 Å². The smallest absolute Gasteiger partial charge is 0.263 e. The van der Waals surface area contributed by atoms with Gasteiger partial charge in [0.1, 0.15) is 11.4 Å². The zero-order valence-corrected chi connectivity index (χ0v) is 18.7. The average molecular weight is 460 g/mol. The predicted molar refractivity (Wildman–Crippen MR) is 132 cm³/mol. The van der Waals surface area contributed by atoms with Crippen molar-refractivity contribution in [3.05, 3.63) is 93.3 Å². The number of nitrogens with zero attached hydrogens (tertiary/aromatic N) is 2. The molecule has 0 aliphatic rings. The van der Waals surface area contributed by atoms with Crippen molar-refractivity contribution in [2.75, 3.05) is 5.32 Å². The molecule has 158 valence electrons. The van der Waals surface area contributed by atoms with Gasteiger partial charge in [-0.2, -0.15) is 0 Å². The summed E-state index contributed by atoms with van der Waals surface area (Å²) in [7, 11) is 0. The first-order valence-electron chi connectivity index (χ1n) is 10.0. The van der Waals surface area contributed by atoms with Crippen molar-refractivity contribution in [3.63, 3.8) is 0 Å². The number of anilines is 1. The van der Waals surface area contributed by atoms with Gasteiger partial charge in [0.05, 0.1) is 11.7 Å². The second kappa shape index (κ2) is 8.22. The number of benzene rings is 3. The first kappa shape index (κ1) is 20.4. The molecule has 1 N–H and O–H groups in total. The van der Waals surface area contributed by atoms with Crippen LogP contribution >= 0.6 is 22.9 Å². The number of rotatable bonds is 4. The number of thiophene rings is 1. The number of aromatic nitrogens is 2. The van der Waals surface area contributed by atoms with E-state index in [-0.39, 0.29) is 18.0 Å². The summed E-state index contributed by atoms with van der Waals surface area (Å²) in [4.78, 5) is 30.9. The highest BCUT2D eigenvalue weighted by atomic mass is 35.5. The Morgan fingerprint density at radius 2 is 1.91 bits per heavy atom. The monoisotopic (exact) mass is 459 g/mol. The molecule has 0 spiro atoms. The minimum absolute atomic E-state index is 0.139. The third kappa shape index (κ3) is 3.79. The summed E-state index contributed by atoms with van der Waals surface area (Å²) in [6.07, 6.45) is 1.42. The van der Waals surface area contributed by atoms with E-state index in [4.69, 9.17) is 11.6 Å². The fourth-order valence-corrected chi connectivity index (χ4v) is 4.76. The van der Waals surface area contributed by atoms with Crippen LogP contribution < -0.4 is 10.9 Å². The Balaban J connectivity index is 1.48. The molecule has 0 aliphatic heterocycles. The number of amides is 1. The van der Waals surface area contributed by atoms with Crippen molar-refractivity contribution in [3.8, 4) is 11.1 Å². The van der Waals surface area contributed by atoms with Crippen molar-refractivity contribution in [1.29, 1.82) is 0 Å². The van der Waals surface area contributed by atoms with Gasteiger partial charge in [-0.3, -0.25) is 14.2 Å². The highest BCUT2D eigenvalue weighted by molar-refractivity contribution is 7.17. The van der Waals surface area contributed by atoms with Crippen LogP contribution in [-0.4, -0.2) is 15.5 Å². The van der Waals surface area contributed by atoms with Gasteiger partial charge in [-0.25, -0.2) is 4.98 Å². The minimum Gasteiger partial charge on any atom is -0.324 e. The number of halogens is 1. The summed E-state index contributed by atoms with van der Waals surface area (Å²) in [6.45, 7) is 1.75. The van der Waals surface area contributed by atoms with Crippen LogP contribution in [0.15, 0.2) is 77.2 Å². The number of hydrogen-bond acceptors (Lipinski definition) is 4. The third-order valence-electron chi connectivity index (χ3n) is 5.39. The molecular weight excluding hydrogens is 442 g/mol. The molecular formula is C25H18ClN3O2S. The van der Waals surface area contributed by atoms with Gasteiger partial charge in [0, 0.05) is 21.7 Å². The van der Waals surface area contributed by atoms with E-state index in [9.17, 15) is 9.59 Å². The summed E-state index contributed by atoms with van der Waals surface area (Å²) < 4.78 is 1.34. The van der Waals surface area contributed by atoms with Crippen LogP contribution in [0.1, 0.15) is 5.56 Å². The summed E-state index contributed by atoms with van der Waals surface area (Å²) in [6, 6.07) is 19.5. The highest BCUT2D eigenvalue weighted by Crippen LogP contribution is 2.32. The van der Waals surface area contributed by atoms with Crippen LogP contribution in [-0.2, 0) is 11.3 Å². The molecule has 0 fully saturated rings. The van der Waals surface area contributed by atoms with Gasteiger partial charge in [-0.1, -0.05) is 54.1 Å². The lowest BCUT2D eigenvalue weighted by Crippen LogP contribution is -2.27. The van der Waals surface area contributed by atoms with Crippen LogP contribution in [0.5, 0.6) is 0 Å². The van der Waals surface area contributed by atoms with Crippen LogP contribution in [0.3, 0.4) is 0 Å². The lowest BCUT2D eigenvalue weighted by atomic mass is 10.0. The fourth-order valence-electron chi connectivity index (χ4n) is 3.68. The molecule has 32 heavy (non-hydrogen) atoms. The molecule has 0 aliphatic carbocycles. The van der Waals surface area contributed by atoms with Gasteiger partial charge >= 0.3 is 0 Å². The van der Waals surface area contributed by atoms with Gasteiger partial charge in [0.15, 0.2) is 0 Å². The van der Waals surface area contributed by atoms with Crippen molar-refractivity contribution >= 4 is 55.5 Å². The summed E-state index contributed by atoms with van der Waals surface area (Å²) in [5, 5.41) is 8.07. The van der Waals surface area contributed by atoms with Crippen LogP contribution in [0.4, 0.5) is 5.69 Å². The van der Waals surface area contributed by atoms with Gasteiger partial charge in [0.2, 0.25) is 5.91 Å². The van der Waals surface area contributed by atoms with E-state index >= 15 is 0 Å². The second-order valence-corrected chi connectivity index (χ2v) is 8.85. The number of aryl methyl sites for hydroxylation is 1. The van der Waals surface area contributed by atoms with Crippen molar-refractivity contribution in [2.45, 2.75) is 13.5 Å². The lowest BCUT2D eigenvalue weighted by Gasteiger charge is -2.09. The Labute approximate surface area is 192 Å². The molecule has 0 radical (unpaired) electrons. The summed E-state index contributed by atoms with van der Waals surface area (Å²) >= 11 is 7.55. The van der Waals surface area contributed by atoms with Crippen LogP contribution in [0.2, 0.25) is 5.02 Å². The zero-order valence-electron chi connectivity index (χ0n) is 17.1. The Bertz CT molecular complexity index is 1550. The molecule has 1 amide bonds. The standard InChI is InChI=1S/C25H18ClN3O2S/c1-15-6-9-19(11-21(15)26)28-22(30)12-29-14-27-24-23(25(29)31)20(13-32-24)18-8-7-16-4-2-3-5-17(16)10-18/h2-11,13-14H,12H2,1H3,(H,28,30). The third-order valence-corrected chi connectivity index (χ3v) is 6.68. The first-order valence-corrected chi connectivity index (χ1v) is 11.3. The Morgan fingerprint density at radius 3 is 2.72 bits per heavy atom. The van der Waals surface area contributed by atoms with Crippen molar-refractivity contribution < 1.29 is 4.79 Å². The van der Waals surface area contributed by atoms with Gasteiger partial charge in [-0.05, 0) is 47.0 Å². The number of carbonyl (C=O) groups is 1. The molecule has 0 unspecified atom stereocenters. The largest absolute Gasteiger partial charge is 0.324 e. The van der Waals surface area contributed by atoms with Gasteiger partial charge in [-0.15, -0.1) is 11.3 Å². The molecule has 3 aromatic carbocycles. The number of nitrogens with one attached hydrogen (secondary N) is 1. The maximum Gasteiger partial charge on any atom is 0.263 e. The number of hydrogen-bond donors (Lipinski definition) is 1. The molecule has 0 bridgehead atoms. The average Bonchev–Trinajstić information content (AvgIpc) is 3.23. The first-order chi connectivity index (χ1) is 15.5. The number of fused-ring (bicyclic) bond motifs is 2. The molecule has 2 heterocycles. The van der Waals surface area contributed by atoms with E-state index in [0.717, 1.165) is 27.5 Å². The highest BCUT2D eigenvalue weighted by Gasteiger charge is 2.15. The molecule has 5 rings (SSSR count). The SMILES string of the molecule is Cc1ccc(NC(=O)Cn2cnc3scc(-c4ccc5ccccc5c4)c3c2=O)cc1Cl. The molecule has 0 atom stereocenters. The Kier molecular flexibility index (Phi) is 5.25. The second-order valence-electron chi connectivity index (χ2n) is 7.58. The molecule has 0 saturated heterocycles. The topological polar surface area (TPSA) is 64.0 Å². The van der Waals surface area contributed by atoms with E-state index in [1.165, 1.54) is 22.2 Å². The van der Waals surface area contributed by atoms with Crippen molar-refractivity contribution in [1.82, 2.24) is 9.55 Å². The van der Waals surface area contributed by atoms with Crippen LogP contribution in [0, 0.1) is 6.92 Å². The zero-order chi connectivity index (χ0) is 22.2. The van der Waals surface area contributed by atoms with Crippen molar-refractivity contribution in [2.24, 2.45) is 0 Å². The van der Waals surface area contributed by atoms with E-state index in [2.05, 4.69) is 22.4 Å². The Morgan fingerprint density at radius 1 is 1.09 bits per heavy atom. The minimum atomic E-state index is -0.323. The molecule has 0 saturated carbocycles. The molecule has 2 aromatic heterocycles. The molecule has 5 aromatic rings. The fraction of sp³-hybridized carbons (Fsp3) is 0.0800. The van der Waals surface area contributed by atoms with E-state index in [1.54, 1.807) is 12.1 Å². The number of carbonyl (C=O) groups excluding carboxylic acids is 1. The maximum atomic E-state index is 13.3. The maximum absolute atomic E-state index is 13.3. The van der Waals surface area contributed by atoms with E-state index in [0.29, 0.717) is 20.9 Å². The molecule has 5 nitrogen and oxygen atoms in total.